The van der Waals surface area contributed by atoms with Crippen molar-refractivity contribution in [3.05, 3.63) is 18.2 Å². The van der Waals surface area contributed by atoms with Crippen LogP contribution in [0.3, 0.4) is 0 Å². The average Bonchev–Trinajstić information content (AvgIpc) is 2.87. The van der Waals surface area contributed by atoms with Crippen molar-refractivity contribution < 1.29 is 0 Å². The van der Waals surface area contributed by atoms with Gasteiger partial charge in [-0.1, -0.05) is 20.8 Å². The fraction of sp³-hybridized carbons (Fsp3) is 0.800. The topological polar surface area (TPSA) is 33.1 Å². The lowest BCUT2D eigenvalue weighted by Crippen LogP contribution is -2.37. The zero-order chi connectivity index (χ0) is 13.7. The second kappa shape index (κ2) is 7.06. The van der Waals surface area contributed by atoms with Crippen LogP contribution in [0.15, 0.2) is 12.5 Å². The van der Waals surface area contributed by atoms with Crippen LogP contribution >= 0.6 is 0 Å². The van der Waals surface area contributed by atoms with Crippen LogP contribution in [0.5, 0.6) is 0 Å². The quantitative estimate of drug-likeness (QED) is 0.856. The van der Waals surface area contributed by atoms with Gasteiger partial charge in [0.05, 0.1) is 12.0 Å². The van der Waals surface area contributed by atoms with Crippen LogP contribution in [0.25, 0.3) is 0 Å². The molecule has 0 bridgehead atoms. The van der Waals surface area contributed by atoms with E-state index in [0.29, 0.717) is 12.0 Å². The number of likely N-dealkylation sites (N-methyl/N-ethyl adjacent to an activating group) is 1. The molecule has 0 amide bonds. The maximum absolute atomic E-state index is 4.35. The summed E-state index contributed by atoms with van der Waals surface area (Å²) >= 11 is 0. The normalized spacial score (nSPS) is 21.2. The predicted octanol–water partition coefficient (Wildman–Crippen LogP) is 2.29. The van der Waals surface area contributed by atoms with Crippen molar-refractivity contribution >= 4 is 0 Å². The van der Waals surface area contributed by atoms with Crippen LogP contribution in [0.4, 0.5) is 0 Å². The van der Waals surface area contributed by atoms with E-state index in [1.807, 2.05) is 12.5 Å². The number of imidazole rings is 1. The molecule has 4 heteroatoms. The Bertz CT molecular complexity index is 372. The van der Waals surface area contributed by atoms with Crippen molar-refractivity contribution in [2.45, 2.75) is 46.2 Å². The molecule has 1 N–H and O–H groups in total. The summed E-state index contributed by atoms with van der Waals surface area (Å²) in [6.07, 6.45) is 6.61. The summed E-state index contributed by atoms with van der Waals surface area (Å²) in [6, 6.07) is 0.604. The van der Waals surface area contributed by atoms with E-state index in [-0.39, 0.29) is 0 Å². The van der Waals surface area contributed by atoms with Gasteiger partial charge < -0.3 is 14.8 Å². The highest BCUT2D eigenvalue weighted by atomic mass is 15.2. The van der Waals surface area contributed by atoms with E-state index in [2.05, 4.69) is 40.5 Å². The van der Waals surface area contributed by atoms with Crippen LogP contribution in [-0.2, 0) is 6.54 Å². The van der Waals surface area contributed by atoms with Gasteiger partial charge in [0.2, 0.25) is 0 Å². The van der Waals surface area contributed by atoms with Gasteiger partial charge in [-0.15, -0.1) is 0 Å². The molecule has 1 aromatic rings. The zero-order valence-corrected chi connectivity index (χ0v) is 12.6. The molecule has 0 aromatic carbocycles. The minimum absolute atomic E-state index is 0.604. The van der Waals surface area contributed by atoms with Crippen molar-refractivity contribution in [2.24, 2.45) is 5.92 Å². The lowest BCUT2D eigenvalue weighted by Gasteiger charge is -2.33. The van der Waals surface area contributed by atoms with Crippen molar-refractivity contribution in [3.8, 4) is 0 Å². The molecule has 0 radical (unpaired) electrons. The summed E-state index contributed by atoms with van der Waals surface area (Å²) in [5.74, 6) is 0.696. The average molecular weight is 264 g/mol. The molecule has 1 aromatic heterocycles. The Balaban J connectivity index is 1.94. The van der Waals surface area contributed by atoms with E-state index in [1.165, 1.54) is 31.6 Å². The van der Waals surface area contributed by atoms with Crippen LogP contribution in [-0.4, -0.2) is 40.6 Å². The third-order valence-electron chi connectivity index (χ3n) is 3.93. The number of hydrogen-bond acceptors (Lipinski definition) is 3. The number of nitrogens with zero attached hydrogens (tertiary/aromatic N) is 3. The Morgan fingerprint density at radius 2 is 2.32 bits per heavy atom. The van der Waals surface area contributed by atoms with Gasteiger partial charge >= 0.3 is 0 Å². The van der Waals surface area contributed by atoms with Gasteiger partial charge in [0.25, 0.3) is 0 Å². The molecule has 0 saturated carbocycles. The highest BCUT2D eigenvalue weighted by molar-refractivity contribution is 5.01. The maximum atomic E-state index is 4.35. The van der Waals surface area contributed by atoms with E-state index < -0.39 is 0 Å². The van der Waals surface area contributed by atoms with Crippen molar-refractivity contribution in [1.82, 2.24) is 19.8 Å². The summed E-state index contributed by atoms with van der Waals surface area (Å²) in [5.41, 5.74) is 1.32. The van der Waals surface area contributed by atoms with E-state index in [0.717, 1.165) is 19.6 Å². The standard InChI is InChI=1S/C15H28N4/c1-4-18-7-5-6-14(11-18)19-12-17-10-15(19)9-16-8-13(2)3/h10,12-14,16H,4-9,11H2,1-3H3. The molecule has 1 saturated heterocycles. The monoisotopic (exact) mass is 264 g/mol. The molecule has 1 aliphatic heterocycles. The van der Waals surface area contributed by atoms with Gasteiger partial charge in [-0.2, -0.15) is 0 Å². The number of likely N-dealkylation sites (tertiary alicyclic amines) is 1. The summed E-state index contributed by atoms with van der Waals surface area (Å²) in [7, 11) is 0. The molecule has 1 aliphatic rings. The Morgan fingerprint density at radius 3 is 3.05 bits per heavy atom. The van der Waals surface area contributed by atoms with E-state index in [4.69, 9.17) is 0 Å². The fourth-order valence-electron chi connectivity index (χ4n) is 2.83. The number of piperidine rings is 1. The Morgan fingerprint density at radius 1 is 1.47 bits per heavy atom. The Labute approximate surface area is 117 Å². The van der Waals surface area contributed by atoms with Gasteiger partial charge in [-0.25, -0.2) is 4.98 Å². The molecule has 0 aliphatic carbocycles. The van der Waals surface area contributed by atoms with Crippen molar-refractivity contribution in [2.75, 3.05) is 26.2 Å². The van der Waals surface area contributed by atoms with Gasteiger partial charge in [-0.3, -0.25) is 0 Å². The molecule has 108 valence electrons. The van der Waals surface area contributed by atoms with Crippen molar-refractivity contribution in [1.29, 1.82) is 0 Å². The molecular weight excluding hydrogens is 236 g/mol. The lowest BCUT2D eigenvalue weighted by atomic mass is 10.1. The smallest absolute Gasteiger partial charge is 0.0951 e. The minimum atomic E-state index is 0.604. The number of nitrogens with one attached hydrogen (secondary N) is 1. The molecule has 2 rings (SSSR count). The largest absolute Gasteiger partial charge is 0.329 e. The van der Waals surface area contributed by atoms with Crippen molar-refractivity contribution in [3.63, 3.8) is 0 Å². The predicted molar refractivity (Wildman–Crippen MR) is 79.2 cm³/mol. The summed E-state index contributed by atoms with van der Waals surface area (Å²) in [5, 5.41) is 3.52. The highest BCUT2D eigenvalue weighted by Crippen LogP contribution is 2.22. The zero-order valence-electron chi connectivity index (χ0n) is 12.6. The summed E-state index contributed by atoms with van der Waals surface area (Å²) in [4.78, 5) is 6.89. The molecule has 4 nitrogen and oxygen atoms in total. The SMILES string of the molecule is CCN1CCCC(n2cncc2CNCC(C)C)C1. The van der Waals surface area contributed by atoms with E-state index in [1.54, 1.807) is 0 Å². The number of hydrogen-bond donors (Lipinski definition) is 1. The van der Waals surface area contributed by atoms with Gasteiger partial charge in [0.15, 0.2) is 0 Å². The summed E-state index contributed by atoms with van der Waals surface area (Å²) < 4.78 is 2.38. The molecule has 19 heavy (non-hydrogen) atoms. The van der Waals surface area contributed by atoms with Gasteiger partial charge in [0, 0.05) is 25.3 Å². The molecule has 1 fully saturated rings. The van der Waals surface area contributed by atoms with Gasteiger partial charge in [0.1, 0.15) is 0 Å². The van der Waals surface area contributed by atoms with Crippen LogP contribution < -0.4 is 5.32 Å². The number of rotatable bonds is 6. The first kappa shape index (κ1) is 14.5. The van der Waals surface area contributed by atoms with Crippen LogP contribution in [0, 0.1) is 5.92 Å². The minimum Gasteiger partial charge on any atom is -0.329 e. The van der Waals surface area contributed by atoms with Gasteiger partial charge in [-0.05, 0) is 38.4 Å². The Hall–Kier alpha value is -0.870. The third kappa shape index (κ3) is 4.05. The van der Waals surface area contributed by atoms with E-state index >= 15 is 0 Å². The molecular formula is C15H28N4. The van der Waals surface area contributed by atoms with E-state index in [9.17, 15) is 0 Å². The molecule has 0 spiro atoms. The third-order valence-corrected chi connectivity index (χ3v) is 3.93. The van der Waals surface area contributed by atoms with Crippen LogP contribution in [0.2, 0.25) is 0 Å². The van der Waals surface area contributed by atoms with Crippen LogP contribution in [0.1, 0.15) is 45.3 Å². The highest BCUT2D eigenvalue weighted by Gasteiger charge is 2.21. The first-order valence-corrected chi connectivity index (χ1v) is 7.64. The second-order valence-electron chi connectivity index (χ2n) is 6.01. The number of aromatic nitrogens is 2. The Kier molecular flexibility index (Phi) is 5.40. The fourth-order valence-corrected chi connectivity index (χ4v) is 2.83. The molecule has 1 unspecified atom stereocenters. The molecule has 2 heterocycles. The first-order chi connectivity index (χ1) is 9.20. The molecule has 1 atom stereocenters. The summed E-state index contributed by atoms with van der Waals surface area (Å²) in [6.45, 7) is 12.3. The second-order valence-corrected chi connectivity index (χ2v) is 6.01. The first-order valence-electron chi connectivity index (χ1n) is 7.64. The maximum Gasteiger partial charge on any atom is 0.0951 e. The lowest BCUT2D eigenvalue weighted by molar-refractivity contribution is 0.183.